The third-order valence-corrected chi connectivity index (χ3v) is 9.49. The Hall–Kier alpha value is -4.71. The van der Waals surface area contributed by atoms with Crippen molar-refractivity contribution in [3.05, 3.63) is 124 Å². The second kappa shape index (κ2) is 15.9. The number of aromatic nitrogens is 1. The summed E-state index contributed by atoms with van der Waals surface area (Å²) in [5, 5.41) is 6.38. The monoisotopic (exact) mass is 671 g/mol. The quantitative estimate of drug-likeness (QED) is 0.162. The average molecular weight is 672 g/mol. The van der Waals surface area contributed by atoms with E-state index in [2.05, 4.69) is 27.7 Å². The highest BCUT2D eigenvalue weighted by molar-refractivity contribution is 7.22. The van der Waals surface area contributed by atoms with E-state index in [-0.39, 0.29) is 35.4 Å². The van der Waals surface area contributed by atoms with Gasteiger partial charge in [0.2, 0.25) is 11.8 Å². The summed E-state index contributed by atoms with van der Waals surface area (Å²) in [6.45, 7) is 3.86. The van der Waals surface area contributed by atoms with Gasteiger partial charge in [-0.1, -0.05) is 55.5 Å². The fraction of sp³-hybridized carbons (Fsp3) is 0.270. The van der Waals surface area contributed by atoms with Gasteiger partial charge in [-0.25, -0.2) is 8.78 Å². The minimum Gasteiger partial charge on any atom is -0.368 e. The smallest absolute Gasteiger partial charge is 0.234 e. The van der Waals surface area contributed by atoms with Gasteiger partial charge in [0.1, 0.15) is 16.5 Å². The molecule has 1 fully saturated rings. The number of nitrogens with zero attached hydrogens (tertiary/aromatic N) is 2. The first kappa shape index (κ1) is 34.6. The molecule has 48 heavy (non-hydrogen) atoms. The van der Waals surface area contributed by atoms with Crippen LogP contribution in [0.2, 0.25) is 0 Å². The van der Waals surface area contributed by atoms with Crippen molar-refractivity contribution in [2.24, 2.45) is 5.73 Å². The molecule has 3 aromatic carbocycles. The first-order valence-electron chi connectivity index (χ1n) is 15.9. The van der Waals surface area contributed by atoms with Gasteiger partial charge < -0.3 is 20.9 Å². The first-order valence-corrected chi connectivity index (χ1v) is 16.7. The normalized spacial score (nSPS) is 14.1. The molecule has 5 aromatic rings. The van der Waals surface area contributed by atoms with Crippen molar-refractivity contribution in [1.82, 2.24) is 14.8 Å². The summed E-state index contributed by atoms with van der Waals surface area (Å²) >= 11 is 1.43. The van der Waals surface area contributed by atoms with E-state index in [9.17, 15) is 23.2 Å². The summed E-state index contributed by atoms with van der Waals surface area (Å²) < 4.78 is 30.8. The van der Waals surface area contributed by atoms with Gasteiger partial charge >= 0.3 is 0 Å². The molecule has 3 heterocycles. The predicted molar refractivity (Wildman–Crippen MR) is 188 cm³/mol. The maximum Gasteiger partial charge on any atom is 0.234 e. The maximum atomic E-state index is 14.5. The van der Waals surface area contributed by atoms with Crippen molar-refractivity contribution in [2.45, 2.75) is 51.9 Å². The summed E-state index contributed by atoms with van der Waals surface area (Å²) in [5.41, 5.74) is 8.39. The molecule has 6 rings (SSSR count). The molecule has 250 valence electrons. The highest BCUT2D eigenvalue weighted by Crippen LogP contribution is 2.39. The summed E-state index contributed by atoms with van der Waals surface area (Å²) in [7, 11) is 2.00. The fourth-order valence-corrected chi connectivity index (χ4v) is 6.99. The molecule has 8 nitrogen and oxygen atoms in total. The Balaban J connectivity index is 0.000000494. The Kier molecular flexibility index (Phi) is 11.5. The van der Waals surface area contributed by atoms with Crippen LogP contribution >= 0.6 is 11.3 Å². The number of anilines is 1. The molecule has 2 aromatic heterocycles. The molecule has 11 heteroatoms. The topological polar surface area (TPSA) is 109 Å². The number of carbonyl (C=O) groups is 2. The molecule has 0 radical (unpaired) electrons. The van der Waals surface area contributed by atoms with Crippen LogP contribution in [0, 0.1) is 11.6 Å². The van der Waals surface area contributed by atoms with Crippen LogP contribution in [0.4, 0.5) is 14.5 Å². The molecule has 2 amide bonds. The van der Waals surface area contributed by atoms with Crippen molar-refractivity contribution in [3.63, 3.8) is 0 Å². The minimum atomic E-state index is -0.629. The summed E-state index contributed by atoms with van der Waals surface area (Å²) in [4.78, 5) is 39.2. The van der Waals surface area contributed by atoms with Crippen LogP contribution in [0.1, 0.15) is 42.9 Å². The molecule has 1 aliphatic rings. The van der Waals surface area contributed by atoms with E-state index >= 15 is 0 Å². The molecule has 0 bridgehead atoms. The average Bonchev–Trinajstić information content (AvgIpc) is 3.75. The number of amides is 2. The number of pyridine rings is 1. The number of rotatable bonds is 10. The Morgan fingerprint density at radius 2 is 1.69 bits per heavy atom. The second-order valence-electron chi connectivity index (χ2n) is 11.8. The zero-order valence-corrected chi connectivity index (χ0v) is 27.8. The molecule has 1 saturated heterocycles. The number of fused-ring (bicyclic) bond motifs is 1. The maximum absolute atomic E-state index is 14.5. The summed E-state index contributed by atoms with van der Waals surface area (Å²) in [6, 6.07) is 22.8. The molecule has 4 N–H and O–H groups in total. The Labute approximate surface area is 282 Å². The van der Waals surface area contributed by atoms with E-state index in [1.807, 2.05) is 49.5 Å². The van der Waals surface area contributed by atoms with Crippen LogP contribution in [0.15, 0.2) is 89.9 Å². The molecule has 0 aliphatic carbocycles. The lowest BCUT2D eigenvalue weighted by molar-refractivity contribution is -0.119. The van der Waals surface area contributed by atoms with E-state index in [4.69, 9.17) is 5.73 Å². The SMILES string of the molecule is CCC(=O)Nc1ccc(-c2sc3c(c2CN(C)Cc2ccccc2)c(=O)ccn3Cc2c(F)cccc2F)cc1.NC(=O)C1CCCN1. The molecule has 0 spiro atoms. The lowest BCUT2D eigenvalue weighted by Crippen LogP contribution is -2.36. The van der Waals surface area contributed by atoms with E-state index < -0.39 is 11.6 Å². The van der Waals surface area contributed by atoms with Crippen molar-refractivity contribution in [3.8, 4) is 10.4 Å². The van der Waals surface area contributed by atoms with Crippen LogP contribution in [-0.2, 0) is 29.2 Å². The number of hydrogen-bond acceptors (Lipinski definition) is 6. The number of thiophene rings is 1. The lowest BCUT2D eigenvalue weighted by Gasteiger charge is -2.18. The van der Waals surface area contributed by atoms with Gasteiger partial charge in [0.15, 0.2) is 5.43 Å². The van der Waals surface area contributed by atoms with E-state index in [1.54, 1.807) is 17.7 Å². The Morgan fingerprint density at radius 3 is 2.29 bits per heavy atom. The standard InChI is InChI=1S/C32H29F2N3O2S.C5H10N2O/c1-3-29(39)35-23-14-12-22(13-15-23)31-25(19-36(2)18-21-8-5-4-6-9-21)30-28(38)16-17-37(32(30)40-31)20-24-26(33)10-7-11-27(24)34;6-5(8)4-2-1-3-7-4/h4-17H,3,18-20H2,1-2H3,(H,35,39);4,7H,1-3H2,(H2,6,8). The number of nitrogens with one attached hydrogen (secondary N) is 2. The lowest BCUT2D eigenvalue weighted by atomic mass is 10.0. The number of hydrogen-bond donors (Lipinski definition) is 3. The molecular weight excluding hydrogens is 633 g/mol. The predicted octanol–water partition coefficient (Wildman–Crippen LogP) is 6.26. The number of primary amides is 1. The van der Waals surface area contributed by atoms with E-state index in [1.165, 1.54) is 35.6 Å². The van der Waals surface area contributed by atoms with Crippen LogP contribution < -0.4 is 21.8 Å². The van der Waals surface area contributed by atoms with Crippen LogP contribution in [-0.4, -0.2) is 40.9 Å². The van der Waals surface area contributed by atoms with Gasteiger partial charge in [0.25, 0.3) is 0 Å². The minimum absolute atomic E-state index is 0.0451. The third-order valence-electron chi connectivity index (χ3n) is 8.17. The number of halogens is 2. The zero-order chi connectivity index (χ0) is 34.2. The molecule has 0 saturated carbocycles. The van der Waals surface area contributed by atoms with Gasteiger partial charge in [-0.3, -0.25) is 19.3 Å². The van der Waals surface area contributed by atoms with Crippen LogP contribution in [0.25, 0.3) is 20.7 Å². The van der Waals surface area contributed by atoms with Gasteiger partial charge in [-0.2, -0.15) is 0 Å². The second-order valence-corrected chi connectivity index (χ2v) is 12.8. The molecular formula is C37H39F2N5O3S. The molecule has 1 aliphatic heterocycles. The van der Waals surface area contributed by atoms with E-state index in [0.29, 0.717) is 35.4 Å². The zero-order valence-electron chi connectivity index (χ0n) is 27.0. The van der Waals surface area contributed by atoms with Crippen molar-refractivity contribution >= 4 is 39.1 Å². The summed E-state index contributed by atoms with van der Waals surface area (Å²) in [6.07, 6.45) is 3.96. The van der Waals surface area contributed by atoms with E-state index in [0.717, 1.165) is 41.0 Å². The highest BCUT2D eigenvalue weighted by atomic mass is 32.1. The van der Waals surface area contributed by atoms with Gasteiger partial charge in [-0.15, -0.1) is 11.3 Å². The first-order chi connectivity index (χ1) is 23.1. The highest BCUT2D eigenvalue weighted by Gasteiger charge is 2.21. The number of benzene rings is 3. The van der Waals surface area contributed by atoms with Gasteiger partial charge in [0, 0.05) is 47.9 Å². The molecule has 1 atom stereocenters. The number of nitrogens with two attached hydrogens (primary N) is 1. The number of carbonyl (C=O) groups excluding carboxylic acids is 2. The van der Waals surface area contributed by atoms with Crippen molar-refractivity contribution in [2.75, 3.05) is 18.9 Å². The Morgan fingerprint density at radius 1 is 0.979 bits per heavy atom. The molecule has 1 unspecified atom stereocenters. The Bertz CT molecular complexity index is 1920. The van der Waals surface area contributed by atoms with Crippen molar-refractivity contribution < 1.29 is 18.4 Å². The fourth-order valence-electron chi connectivity index (χ4n) is 5.68. The van der Waals surface area contributed by atoms with Gasteiger partial charge in [-0.05, 0) is 67.4 Å². The largest absolute Gasteiger partial charge is 0.368 e. The summed E-state index contributed by atoms with van der Waals surface area (Å²) in [5.74, 6) is -1.55. The third kappa shape index (κ3) is 8.41. The van der Waals surface area contributed by atoms with Crippen LogP contribution in [0.5, 0.6) is 0 Å². The van der Waals surface area contributed by atoms with Crippen LogP contribution in [0.3, 0.4) is 0 Å². The van der Waals surface area contributed by atoms with Crippen molar-refractivity contribution in [1.29, 1.82) is 0 Å². The van der Waals surface area contributed by atoms with Gasteiger partial charge in [0.05, 0.1) is 18.0 Å².